The fraction of sp³-hybridized carbons (Fsp3) is 0.450. The third kappa shape index (κ3) is 4.73. The maximum Gasteiger partial charge on any atom is 0.240 e. The molecule has 27 heavy (non-hydrogen) atoms. The Morgan fingerprint density at radius 2 is 1.74 bits per heavy atom. The van der Waals surface area contributed by atoms with Crippen molar-refractivity contribution in [2.75, 3.05) is 38.0 Å². The number of hydrogen-bond acceptors (Lipinski definition) is 5. The molecule has 1 N–H and O–H groups in total. The highest BCUT2D eigenvalue weighted by atomic mass is 32.1. The average molecular weight is 387 g/mol. The molecule has 6 nitrogen and oxygen atoms in total. The molecule has 1 aliphatic rings. The average Bonchev–Trinajstić information content (AvgIpc) is 3.06. The number of benzene rings is 1. The van der Waals surface area contributed by atoms with Crippen LogP contribution in [0.25, 0.3) is 11.3 Å². The molecule has 0 atom stereocenters. The first-order valence-corrected chi connectivity index (χ1v) is 10.0. The van der Waals surface area contributed by atoms with Gasteiger partial charge in [-0.1, -0.05) is 6.07 Å². The molecule has 1 aliphatic heterocycles. The number of anilines is 1. The second kappa shape index (κ2) is 8.19. The van der Waals surface area contributed by atoms with E-state index in [1.807, 2.05) is 10.3 Å². The predicted molar refractivity (Wildman–Crippen MR) is 109 cm³/mol. The lowest BCUT2D eigenvalue weighted by atomic mass is 9.99. The molecule has 2 heterocycles. The zero-order valence-corrected chi connectivity index (χ0v) is 17.2. The third-order valence-electron chi connectivity index (χ3n) is 5.05. The van der Waals surface area contributed by atoms with E-state index in [9.17, 15) is 9.59 Å². The Morgan fingerprint density at radius 3 is 2.41 bits per heavy atom. The molecule has 2 amide bonds. The summed E-state index contributed by atoms with van der Waals surface area (Å²) in [4.78, 5) is 32.2. The van der Waals surface area contributed by atoms with Crippen molar-refractivity contribution in [2.45, 2.75) is 27.7 Å². The van der Waals surface area contributed by atoms with E-state index >= 15 is 0 Å². The number of hydrogen-bond donors (Lipinski definition) is 1. The van der Waals surface area contributed by atoms with Gasteiger partial charge in [-0.05, 0) is 43.5 Å². The maximum atomic E-state index is 12.3. The van der Waals surface area contributed by atoms with Gasteiger partial charge in [-0.3, -0.25) is 14.5 Å². The second-order valence-corrected chi connectivity index (χ2v) is 7.98. The SMILES string of the molecule is CC(=O)N1CCN(CC(=O)Nc2nc(-c3cc(C)c(C)cc3C)cs2)CC1. The molecule has 1 saturated heterocycles. The van der Waals surface area contributed by atoms with Crippen LogP contribution >= 0.6 is 11.3 Å². The number of piperazine rings is 1. The van der Waals surface area contributed by atoms with Crippen LogP contribution in [0.15, 0.2) is 17.5 Å². The van der Waals surface area contributed by atoms with Crippen molar-refractivity contribution < 1.29 is 9.59 Å². The topological polar surface area (TPSA) is 65.5 Å². The first kappa shape index (κ1) is 19.5. The largest absolute Gasteiger partial charge is 0.340 e. The van der Waals surface area contributed by atoms with E-state index in [0.717, 1.165) is 24.3 Å². The minimum absolute atomic E-state index is 0.0658. The van der Waals surface area contributed by atoms with Gasteiger partial charge in [0.2, 0.25) is 11.8 Å². The minimum atomic E-state index is -0.0658. The van der Waals surface area contributed by atoms with Gasteiger partial charge in [-0.15, -0.1) is 11.3 Å². The van der Waals surface area contributed by atoms with Gasteiger partial charge in [0.25, 0.3) is 0 Å². The number of rotatable bonds is 4. The molecule has 144 valence electrons. The normalized spacial score (nSPS) is 15.0. The van der Waals surface area contributed by atoms with Crippen molar-refractivity contribution in [2.24, 2.45) is 0 Å². The Morgan fingerprint density at radius 1 is 1.07 bits per heavy atom. The fourth-order valence-corrected chi connectivity index (χ4v) is 4.00. The molecular formula is C20H26N4O2S. The Balaban J connectivity index is 1.59. The van der Waals surface area contributed by atoms with Gasteiger partial charge < -0.3 is 10.2 Å². The molecule has 0 spiro atoms. The minimum Gasteiger partial charge on any atom is -0.340 e. The highest BCUT2D eigenvalue weighted by molar-refractivity contribution is 7.14. The standard InChI is InChI=1S/C20H26N4O2S/c1-13-9-15(3)17(10-14(13)2)18-12-27-20(21-18)22-19(26)11-23-5-7-24(8-6-23)16(4)25/h9-10,12H,5-8,11H2,1-4H3,(H,21,22,26). The van der Waals surface area contributed by atoms with E-state index in [-0.39, 0.29) is 11.8 Å². The van der Waals surface area contributed by atoms with Gasteiger partial charge >= 0.3 is 0 Å². The van der Waals surface area contributed by atoms with Crippen LogP contribution in [0, 0.1) is 20.8 Å². The summed E-state index contributed by atoms with van der Waals surface area (Å²) in [6.07, 6.45) is 0. The molecule has 1 aromatic carbocycles. The van der Waals surface area contributed by atoms with E-state index in [1.165, 1.54) is 28.0 Å². The molecule has 7 heteroatoms. The van der Waals surface area contributed by atoms with E-state index in [4.69, 9.17) is 0 Å². The molecule has 2 aromatic rings. The highest BCUT2D eigenvalue weighted by Crippen LogP contribution is 2.29. The first-order chi connectivity index (χ1) is 12.8. The van der Waals surface area contributed by atoms with Gasteiger partial charge in [0, 0.05) is 44.0 Å². The maximum absolute atomic E-state index is 12.3. The summed E-state index contributed by atoms with van der Waals surface area (Å²) < 4.78 is 0. The van der Waals surface area contributed by atoms with Gasteiger partial charge in [-0.2, -0.15) is 0 Å². The molecule has 3 rings (SSSR count). The van der Waals surface area contributed by atoms with Crippen molar-refractivity contribution in [1.29, 1.82) is 0 Å². The van der Waals surface area contributed by atoms with Crippen LogP contribution < -0.4 is 5.32 Å². The van der Waals surface area contributed by atoms with Gasteiger partial charge in [0.05, 0.1) is 12.2 Å². The molecular weight excluding hydrogens is 360 g/mol. The van der Waals surface area contributed by atoms with E-state index in [0.29, 0.717) is 24.8 Å². The lowest BCUT2D eigenvalue weighted by molar-refractivity contribution is -0.130. The van der Waals surface area contributed by atoms with Gasteiger partial charge in [-0.25, -0.2) is 4.98 Å². The smallest absolute Gasteiger partial charge is 0.240 e. The molecule has 0 saturated carbocycles. The summed E-state index contributed by atoms with van der Waals surface area (Å²) >= 11 is 1.44. The van der Waals surface area contributed by atoms with Gasteiger partial charge in [0.1, 0.15) is 0 Å². The Hall–Kier alpha value is -2.25. The van der Waals surface area contributed by atoms with Gasteiger partial charge in [0.15, 0.2) is 5.13 Å². The number of aryl methyl sites for hydroxylation is 3. The summed E-state index contributed by atoms with van der Waals surface area (Å²) in [5, 5.41) is 5.51. The van der Waals surface area contributed by atoms with Crippen molar-refractivity contribution in [3.05, 3.63) is 34.2 Å². The first-order valence-electron chi connectivity index (χ1n) is 9.15. The van der Waals surface area contributed by atoms with Crippen LogP contribution in [0.1, 0.15) is 23.6 Å². The molecule has 0 unspecified atom stereocenters. The number of aromatic nitrogens is 1. The van der Waals surface area contributed by atoms with Crippen LogP contribution in [0.5, 0.6) is 0 Å². The van der Waals surface area contributed by atoms with E-state index in [2.05, 4.69) is 48.1 Å². The summed E-state index contributed by atoms with van der Waals surface area (Å²) in [7, 11) is 0. The quantitative estimate of drug-likeness (QED) is 0.878. The van der Waals surface area contributed by atoms with Crippen molar-refractivity contribution in [3.8, 4) is 11.3 Å². The number of nitrogens with one attached hydrogen (secondary N) is 1. The lowest BCUT2D eigenvalue weighted by Crippen LogP contribution is -2.49. The van der Waals surface area contributed by atoms with Crippen molar-refractivity contribution in [3.63, 3.8) is 0 Å². The van der Waals surface area contributed by atoms with E-state index < -0.39 is 0 Å². The van der Waals surface area contributed by atoms with Crippen molar-refractivity contribution >= 4 is 28.3 Å². The Kier molecular flexibility index (Phi) is 5.92. The second-order valence-electron chi connectivity index (χ2n) is 7.12. The zero-order valence-electron chi connectivity index (χ0n) is 16.3. The molecule has 0 aliphatic carbocycles. The van der Waals surface area contributed by atoms with Crippen LogP contribution in [-0.4, -0.2) is 59.3 Å². The molecule has 0 radical (unpaired) electrons. The van der Waals surface area contributed by atoms with Crippen LogP contribution in [0.4, 0.5) is 5.13 Å². The third-order valence-corrected chi connectivity index (χ3v) is 5.81. The Bertz CT molecular complexity index is 854. The number of nitrogens with zero attached hydrogens (tertiary/aromatic N) is 3. The Labute approximate surface area is 164 Å². The summed E-state index contributed by atoms with van der Waals surface area (Å²) in [6.45, 7) is 11.0. The summed E-state index contributed by atoms with van der Waals surface area (Å²) in [5.74, 6) is 0.0278. The van der Waals surface area contributed by atoms with Crippen molar-refractivity contribution in [1.82, 2.24) is 14.8 Å². The molecule has 0 bridgehead atoms. The summed E-state index contributed by atoms with van der Waals surface area (Å²) in [5.41, 5.74) is 5.69. The molecule has 1 fully saturated rings. The predicted octanol–water partition coefficient (Wildman–Crippen LogP) is 2.84. The number of carbonyl (C=O) groups is 2. The number of carbonyl (C=O) groups excluding carboxylic acids is 2. The van der Waals surface area contributed by atoms with Crippen LogP contribution in [0.3, 0.4) is 0 Å². The fourth-order valence-electron chi connectivity index (χ4n) is 3.27. The number of amides is 2. The number of thiazole rings is 1. The van der Waals surface area contributed by atoms with Crippen LogP contribution in [0.2, 0.25) is 0 Å². The lowest BCUT2D eigenvalue weighted by Gasteiger charge is -2.33. The van der Waals surface area contributed by atoms with E-state index in [1.54, 1.807) is 6.92 Å². The monoisotopic (exact) mass is 386 g/mol. The zero-order chi connectivity index (χ0) is 19.6. The summed E-state index contributed by atoms with van der Waals surface area (Å²) in [6, 6.07) is 4.32. The highest BCUT2D eigenvalue weighted by Gasteiger charge is 2.20. The van der Waals surface area contributed by atoms with Crippen LogP contribution in [-0.2, 0) is 9.59 Å². The molecule has 1 aromatic heterocycles.